The minimum Gasteiger partial charge on any atom is -0.444 e. The number of anilines is 1. The van der Waals surface area contributed by atoms with E-state index in [4.69, 9.17) is 4.42 Å². The molecule has 9 heteroatoms. The molecule has 25 heavy (non-hydrogen) atoms. The summed E-state index contributed by atoms with van der Waals surface area (Å²) in [6, 6.07) is 0.0411. The van der Waals surface area contributed by atoms with Crippen molar-refractivity contribution in [1.29, 1.82) is 0 Å². The molecule has 0 aliphatic carbocycles. The van der Waals surface area contributed by atoms with Gasteiger partial charge in [-0.05, 0) is 20.3 Å². The second-order valence-electron chi connectivity index (χ2n) is 6.40. The highest BCUT2D eigenvalue weighted by atomic mass is 19.1. The summed E-state index contributed by atoms with van der Waals surface area (Å²) in [5, 5.41) is 10.9. The second kappa shape index (κ2) is 6.40. The number of nitrogens with one attached hydrogen (secondary N) is 2. The number of halogens is 1. The lowest BCUT2D eigenvalue weighted by atomic mass is 10.2. The van der Waals surface area contributed by atoms with Gasteiger partial charge in [0.05, 0.1) is 23.8 Å². The summed E-state index contributed by atoms with van der Waals surface area (Å²) in [5.74, 6) is 2.14. The third-order valence-electron chi connectivity index (χ3n) is 4.64. The molecule has 1 saturated heterocycles. The average molecular weight is 345 g/mol. The summed E-state index contributed by atoms with van der Waals surface area (Å²) in [4.78, 5) is 14.8. The standard InChI is InChI=1S/C16H20FN7O/c1-9-10(2)25-14(22-9)7-24-6-11(17)3-12(24)4-18-15-13-5-21-23-16(13)20-8-19-15/h5,8,11-12H,3-4,6-7H2,1-2H3,(H2,18,19,20,21,23)/t11-,12-/m0/s1. The molecule has 4 rings (SSSR count). The number of alkyl halides is 1. The summed E-state index contributed by atoms with van der Waals surface area (Å²) in [7, 11) is 0. The molecule has 3 aromatic heterocycles. The van der Waals surface area contributed by atoms with Gasteiger partial charge in [-0.15, -0.1) is 0 Å². The Morgan fingerprint density at radius 1 is 1.40 bits per heavy atom. The van der Waals surface area contributed by atoms with Crippen LogP contribution < -0.4 is 5.32 Å². The molecule has 0 amide bonds. The van der Waals surface area contributed by atoms with Crippen molar-refractivity contribution >= 4 is 16.9 Å². The first-order valence-electron chi connectivity index (χ1n) is 8.29. The van der Waals surface area contributed by atoms with Crippen LogP contribution in [-0.4, -0.2) is 55.4 Å². The smallest absolute Gasteiger partial charge is 0.208 e. The summed E-state index contributed by atoms with van der Waals surface area (Å²) < 4.78 is 19.6. The molecule has 0 aromatic carbocycles. The molecule has 132 valence electrons. The van der Waals surface area contributed by atoms with Gasteiger partial charge < -0.3 is 9.73 Å². The highest BCUT2D eigenvalue weighted by molar-refractivity contribution is 5.85. The Bertz CT molecular complexity index is 857. The Balaban J connectivity index is 1.45. The van der Waals surface area contributed by atoms with E-state index in [1.54, 1.807) is 6.20 Å². The van der Waals surface area contributed by atoms with Crippen LogP contribution in [-0.2, 0) is 6.54 Å². The maximum absolute atomic E-state index is 14.0. The number of rotatable bonds is 5. The summed E-state index contributed by atoms with van der Waals surface area (Å²) in [5.41, 5.74) is 1.55. The molecule has 0 unspecified atom stereocenters. The van der Waals surface area contributed by atoms with Crippen molar-refractivity contribution in [2.45, 2.75) is 39.0 Å². The molecule has 1 fully saturated rings. The van der Waals surface area contributed by atoms with Crippen LogP contribution in [0.15, 0.2) is 16.9 Å². The van der Waals surface area contributed by atoms with Gasteiger partial charge in [0, 0.05) is 19.1 Å². The van der Waals surface area contributed by atoms with Crippen molar-refractivity contribution in [3.63, 3.8) is 0 Å². The van der Waals surface area contributed by atoms with Gasteiger partial charge in [0.15, 0.2) is 5.65 Å². The molecule has 0 spiro atoms. The first kappa shape index (κ1) is 15.9. The van der Waals surface area contributed by atoms with Crippen molar-refractivity contribution in [3.8, 4) is 0 Å². The normalized spacial score (nSPS) is 21.2. The summed E-state index contributed by atoms with van der Waals surface area (Å²) in [6.07, 6.45) is 2.79. The van der Waals surface area contributed by atoms with Crippen LogP contribution in [0.4, 0.5) is 10.2 Å². The molecule has 0 radical (unpaired) electrons. The summed E-state index contributed by atoms with van der Waals surface area (Å²) in [6.45, 7) is 5.27. The molecule has 8 nitrogen and oxygen atoms in total. The van der Waals surface area contributed by atoms with E-state index in [-0.39, 0.29) is 6.04 Å². The lowest BCUT2D eigenvalue weighted by Crippen LogP contribution is -2.34. The molecule has 2 N–H and O–H groups in total. The quantitative estimate of drug-likeness (QED) is 0.730. The van der Waals surface area contributed by atoms with Crippen LogP contribution in [0.5, 0.6) is 0 Å². The number of hydrogen-bond acceptors (Lipinski definition) is 7. The van der Waals surface area contributed by atoms with Gasteiger partial charge in [-0.1, -0.05) is 0 Å². The predicted octanol–water partition coefficient (Wildman–Crippen LogP) is 1.98. The highest BCUT2D eigenvalue weighted by Gasteiger charge is 2.33. The maximum atomic E-state index is 14.0. The zero-order valence-corrected chi connectivity index (χ0v) is 14.2. The van der Waals surface area contributed by atoms with Gasteiger partial charge in [-0.25, -0.2) is 19.3 Å². The van der Waals surface area contributed by atoms with Crippen LogP contribution >= 0.6 is 0 Å². The van der Waals surface area contributed by atoms with E-state index < -0.39 is 6.17 Å². The van der Waals surface area contributed by atoms with Gasteiger partial charge in [0.1, 0.15) is 24.1 Å². The number of hydrogen-bond donors (Lipinski definition) is 2. The molecule has 0 bridgehead atoms. The van der Waals surface area contributed by atoms with Crippen LogP contribution in [0.1, 0.15) is 23.8 Å². The Labute approximate surface area is 143 Å². The van der Waals surface area contributed by atoms with Gasteiger partial charge >= 0.3 is 0 Å². The van der Waals surface area contributed by atoms with Crippen molar-refractivity contribution < 1.29 is 8.81 Å². The molecule has 1 aliphatic rings. The molecule has 4 heterocycles. The van der Waals surface area contributed by atoms with Crippen molar-refractivity contribution in [3.05, 3.63) is 29.9 Å². The average Bonchev–Trinajstić information content (AvgIpc) is 3.26. The minimum absolute atomic E-state index is 0.0411. The van der Waals surface area contributed by atoms with Gasteiger partial charge in [0.2, 0.25) is 5.89 Å². The number of H-pyrrole nitrogens is 1. The Morgan fingerprint density at radius 3 is 3.08 bits per heavy atom. The molecular weight excluding hydrogens is 325 g/mol. The van der Waals surface area contributed by atoms with Crippen molar-refractivity contribution in [2.75, 3.05) is 18.4 Å². The van der Waals surface area contributed by atoms with E-state index in [1.165, 1.54) is 6.33 Å². The number of nitrogens with zero attached hydrogens (tertiary/aromatic N) is 5. The molecule has 0 saturated carbocycles. The number of likely N-dealkylation sites (tertiary alicyclic amines) is 1. The fourth-order valence-corrected chi connectivity index (χ4v) is 3.23. The van der Waals surface area contributed by atoms with Gasteiger partial charge in [0.25, 0.3) is 0 Å². The first-order chi connectivity index (χ1) is 12.1. The number of aromatic amines is 1. The molecule has 3 aromatic rings. The van der Waals surface area contributed by atoms with E-state index in [0.29, 0.717) is 43.4 Å². The van der Waals surface area contributed by atoms with E-state index in [2.05, 4.69) is 35.4 Å². The van der Waals surface area contributed by atoms with Gasteiger partial charge in [-0.2, -0.15) is 5.10 Å². The monoisotopic (exact) mass is 345 g/mol. The fraction of sp³-hybridized carbons (Fsp3) is 0.500. The number of oxazole rings is 1. The molecular formula is C16H20FN7O. The molecule has 2 atom stereocenters. The highest BCUT2D eigenvalue weighted by Crippen LogP contribution is 2.24. The minimum atomic E-state index is -0.844. The Morgan fingerprint density at radius 2 is 2.28 bits per heavy atom. The second-order valence-corrected chi connectivity index (χ2v) is 6.40. The Kier molecular flexibility index (Phi) is 4.08. The number of fused-ring (bicyclic) bond motifs is 1. The van der Waals surface area contributed by atoms with Crippen molar-refractivity contribution in [1.82, 2.24) is 30.0 Å². The largest absolute Gasteiger partial charge is 0.444 e. The fourth-order valence-electron chi connectivity index (χ4n) is 3.23. The zero-order valence-electron chi connectivity index (χ0n) is 14.2. The topological polar surface area (TPSA) is 95.8 Å². The van der Waals surface area contributed by atoms with Crippen molar-refractivity contribution in [2.24, 2.45) is 0 Å². The molecule has 1 aliphatic heterocycles. The SMILES string of the molecule is Cc1nc(CN2C[C@@H](F)C[C@H]2CNc2ncnc3[nH]ncc23)oc1C. The third-order valence-corrected chi connectivity index (χ3v) is 4.64. The lowest BCUT2D eigenvalue weighted by molar-refractivity contribution is 0.217. The lowest BCUT2D eigenvalue weighted by Gasteiger charge is -2.23. The van der Waals surface area contributed by atoms with Crippen LogP contribution in [0.2, 0.25) is 0 Å². The third kappa shape index (κ3) is 3.19. The summed E-state index contributed by atoms with van der Waals surface area (Å²) >= 11 is 0. The van der Waals surface area contributed by atoms with E-state index in [1.807, 2.05) is 13.8 Å². The van der Waals surface area contributed by atoms with Gasteiger partial charge in [-0.3, -0.25) is 10.00 Å². The van der Waals surface area contributed by atoms with E-state index in [9.17, 15) is 4.39 Å². The maximum Gasteiger partial charge on any atom is 0.208 e. The Hall–Kier alpha value is -2.55. The predicted molar refractivity (Wildman–Crippen MR) is 89.9 cm³/mol. The van der Waals surface area contributed by atoms with Crippen LogP contribution in [0.25, 0.3) is 11.0 Å². The van der Waals surface area contributed by atoms with E-state index >= 15 is 0 Å². The zero-order chi connectivity index (χ0) is 17.4. The van der Waals surface area contributed by atoms with E-state index in [0.717, 1.165) is 16.8 Å². The number of aromatic nitrogens is 5. The number of aryl methyl sites for hydroxylation is 2. The van der Waals surface area contributed by atoms with Crippen LogP contribution in [0.3, 0.4) is 0 Å². The van der Waals surface area contributed by atoms with Crippen LogP contribution in [0, 0.1) is 13.8 Å². The first-order valence-corrected chi connectivity index (χ1v) is 8.29.